The van der Waals surface area contributed by atoms with Gasteiger partial charge in [-0.25, -0.2) is 0 Å². The van der Waals surface area contributed by atoms with Crippen molar-refractivity contribution in [2.75, 3.05) is 6.54 Å². The van der Waals surface area contributed by atoms with Gasteiger partial charge in [0.2, 0.25) is 5.91 Å². The zero-order chi connectivity index (χ0) is 20.1. The topological polar surface area (TPSA) is 37.4 Å². The monoisotopic (exact) mass is 397 g/mol. The smallest absolute Gasteiger partial charge is 0.230 e. The fraction of sp³-hybridized carbons (Fsp3) is 0.769. The molecule has 3 fully saturated rings. The lowest BCUT2D eigenvalue weighted by Crippen LogP contribution is -2.50. The van der Waals surface area contributed by atoms with Gasteiger partial charge in [0, 0.05) is 18.5 Å². The van der Waals surface area contributed by atoms with Gasteiger partial charge in [-0.05, 0) is 75.5 Å². The number of carbonyl (C=O) groups is 2. The van der Waals surface area contributed by atoms with Crippen LogP contribution in [-0.4, -0.2) is 29.2 Å². The first-order chi connectivity index (χ1) is 14.2. The fourth-order valence-electron chi connectivity index (χ4n) is 6.50. The third kappa shape index (κ3) is 5.41. The van der Waals surface area contributed by atoms with E-state index in [1.54, 1.807) is 0 Å². The minimum Gasteiger partial charge on any atom is -0.339 e. The lowest BCUT2D eigenvalue weighted by atomic mass is 9.78. The fourth-order valence-corrected chi connectivity index (χ4v) is 6.50. The molecule has 0 aromatic carbocycles. The number of allylic oxidation sites excluding steroid dienone is 4. The maximum atomic E-state index is 13.0. The predicted molar refractivity (Wildman–Crippen MR) is 117 cm³/mol. The van der Waals surface area contributed by atoms with E-state index in [1.807, 2.05) is 0 Å². The Bertz CT molecular complexity index is 635. The van der Waals surface area contributed by atoms with Crippen molar-refractivity contribution in [1.29, 1.82) is 0 Å². The summed E-state index contributed by atoms with van der Waals surface area (Å²) in [5, 5.41) is 0. The second kappa shape index (κ2) is 10.1. The van der Waals surface area contributed by atoms with E-state index in [9.17, 15) is 9.59 Å². The maximum absolute atomic E-state index is 13.0. The van der Waals surface area contributed by atoms with E-state index in [0.717, 1.165) is 51.0 Å². The highest BCUT2D eigenvalue weighted by Crippen LogP contribution is 2.37. The molecule has 0 aromatic heterocycles. The summed E-state index contributed by atoms with van der Waals surface area (Å²) < 4.78 is 0. The number of piperidine rings is 1. The first-order valence-electron chi connectivity index (χ1n) is 12.4. The van der Waals surface area contributed by atoms with Crippen molar-refractivity contribution in [2.45, 2.75) is 95.9 Å². The Balaban J connectivity index is 1.26. The highest BCUT2D eigenvalue weighted by atomic mass is 16.2. The summed E-state index contributed by atoms with van der Waals surface area (Å²) in [7, 11) is 0. The average Bonchev–Trinajstić information content (AvgIpc) is 2.99. The summed E-state index contributed by atoms with van der Waals surface area (Å²) in [6.45, 7) is 0.878. The minimum atomic E-state index is 0.123. The van der Waals surface area contributed by atoms with Gasteiger partial charge in [0.15, 0.2) is 0 Å². The lowest BCUT2D eigenvalue weighted by molar-refractivity contribution is -0.141. The van der Waals surface area contributed by atoms with E-state index < -0.39 is 0 Å². The van der Waals surface area contributed by atoms with Crippen molar-refractivity contribution >= 4 is 11.7 Å². The first kappa shape index (κ1) is 20.9. The van der Waals surface area contributed by atoms with Crippen LogP contribution in [-0.2, 0) is 9.59 Å². The van der Waals surface area contributed by atoms with Crippen LogP contribution in [0, 0.1) is 23.7 Å². The van der Waals surface area contributed by atoms with Crippen LogP contribution in [0.3, 0.4) is 0 Å². The summed E-state index contributed by atoms with van der Waals surface area (Å²) in [6.07, 6.45) is 24.5. The number of ketones is 1. The third-order valence-corrected chi connectivity index (χ3v) is 8.14. The van der Waals surface area contributed by atoms with Gasteiger partial charge in [0.25, 0.3) is 0 Å². The highest BCUT2D eigenvalue weighted by molar-refractivity contribution is 5.99. The van der Waals surface area contributed by atoms with Gasteiger partial charge in [0.1, 0.15) is 5.78 Å². The van der Waals surface area contributed by atoms with Gasteiger partial charge in [-0.1, -0.05) is 50.0 Å². The summed E-state index contributed by atoms with van der Waals surface area (Å²) in [4.78, 5) is 28.1. The molecule has 1 aliphatic heterocycles. The molecule has 29 heavy (non-hydrogen) atoms. The Labute approximate surface area is 177 Å². The van der Waals surface area contributed by atoms with Crippen molar-refractivity contribution in [3.63, 3.8) is 0 Å². The van der Waals surface area contributed by atoms with Crippen LogP contribution in [0.1, 0.15) is 89.9 Å². The molecule has 160 valence electrons. The van der Waals surface area contributed by atoms with Gasteiger partial charge >= 0.3 is 0 Å². The second-order valence-electron chi connectivity index (χ2n) is 10.1. The molecule has 0 aromatic rings. The number of hydrogen-bond donors (Lipinski definition) is 0. The van der Waals surface area contributed by atoms with Crippen molar-refractivity contribution < 1.29 is 9.59 Å². The normalized spacial score (nSPS) is 35.0. The van der Waals surface area contributed by atoms with E-state index in [2.05, 4.69) is 29.2 Å². The highest BCUT2D eigenvalue weighted by Gasteiger charge is 2.36. The Morgan fingerprint density at radius 2 is 1.72 bits per heavy atom. The molecule has 1 heterocycles. The second-order valence-corrected chi connectivity index (χ2v) is 10.1. The Hall–Kier alpha value is -1.38. The van der Waals surface area contributed by atoms with Crippen LogP contribution in [0.15, 0.2) is 24.3 Å². The van der Waals surface area contributed by atoms with Crippen LogP contribution in [0.2, 0.25) is 0 Å². The SMILES string of the molecule is O=C(CC(=O)N1CCCC2CCCCC21)C1CCCC(CC2C=CC=CC2)CC1. The Kier molecular flexibility index (Phi) is 7.26. The zero-order valence-corrected chi connectivity index (χ0v) is 18.1. The number of fused-ring (bicyclic) bond motifs is 1. The van der Waals surface area contributed by atoms with Gasteiger partial charge in [-0.2, -0.15) is 0 Å². The standard InChI is InChI=1S/C26H39NO2/c28-25(19-26(29)27-17-7-13-22-11-4-5-14-24(22)27)23-12-6-10-21(15-16-23)18-20-8-2-1-3-9-20/h1-3,8,20-24H,4-7,9-19H2. The number of amides is 1. The molecule has 3 heteroatoms. The molecule has 0 spiro atoms. The number of hydrogen-bond acceptors (Lipinski definition) is 2. The van der Waals surface area contributed by atoms with Crippen LogP contribution < -0.4 is 0 Å². The van der Waals surface area contributed by atoms with Crippen LogP contribution in [0.25, 0.3) is 0 Å². The van der Waals surface area contributed by atoms with Gasteiger partial charge in [-0.3, -0.25) is 9.59 Å². The molecule has 4 aliphatic rings. The summed E-state index contributed by atoms with van der Waals surface area (Å²) >= 11 is 0. The van der Waals surface area contributed by atoms with Crippen molar-refractivity contribution in [1.82, 2.24) is 4.90 Å². The molecule has 3 aliphatic carbocycles. The molecule has 4 rings (SSSR count). The molecule has 3 nitrogen and oxygen atoms in total. The maximum Gasteiger partial charge on any atom is 0.230 e. The average molecular weight is 398 g/mol. The van der Waals surface area contributed by atoms with E-state index in [0.29, 0.717) is 17.9 Å². The number of carbonyl (C=O) groups excluding carboxylic acids is 2. The molecule has 1 amide bonds. The largest absolute Gasteiger partial charge is 0.339 e. The van der Waals surface area contributed by atoms with Gasteiger partial charge in [-0.15, -0.1) is 0 Å². The molecule has 0 N–H and O–H groups in total. The molecule has 2 saturated carbocycles. The van der Waals surface area contributed by atoms with Crippen LogP contribution in [0.4, 0.5) is 0 Å². The quantitative estimate of drug-likeness (QED) is 0.431. The molecule has 0 radical (unpaired) electrons. The zero-order valence-electron chi connectivity index (χ0n) is 18.1. The lowest BCUT2D eigenvalue weighted by Gasteiger charge is -2.44. The summed E-state index contributed by atoms with van der Waals surface area (Å²) in [5.41, 5.74) is 0. The van der Waals surface area contributed by atoms with E-state index in [-0.39, 0.29) is 24.0 Å². The molecule has 1 saturated heterocycles. The van der Waals surface area contributed by atoms with Gasteiger partial charge in [0.05, 0.1) is 6.42 Å². The number of nitrogens with zero attached hydrogens (tertiary/aromatic N) is 1. The van der Waals surface area contributed by atoms with Crippen LogP contribution >= 0.6 is 0 Å². The molecular weight excluding hydrogens is 358 g/mol. The Morgan fingerprint density at radius 3 is 2.59 bits per heavy atom. The minimum absolute atomic E-state index is 0.123. The van der Waals surface area contributed by atoms with Crippen molar-refractivity contribution in [3.05, 3.63) is 24.3 Å². The molecular formula is C26H39NO2. The summed E-state index contributed by atoms with van der Waals surface area (Å²) in [5.74, 6) is 2.60. The third-order valence-electron chi connectivity index (χ3n) is 8.14. The Morgan fingerprint density at radius 1 is 0.862 bits per heavy atom. The molecule has 5 unspecified atom stereocenters. The van der Waals surface area contributed by atoms with E-state index >= 15 is 0 Å². The summed E-state index contributed by atoms with van der Waals surface area (Å²) in [6, 6.07) is 0.425. The van der Waals surface area contributed by atoms with Crippen molar-refractivity contribution in [3.8, 4) is 0 Å². The number of likely N-dealkylation sites (tertiary alicyclic amines) is 1. The van der Waals surface area contributed by atoms with Gasteiger partial charge < -0.3 is 4.90 Å². The van der Waals surface area contributed by atoms with E-state index in [1.165, 1.54) is 44.9 Å². The number of rotatable bonds is 5. The number of Topliss-reactive ketones (excluding diaryl/α,β-unsaturated/α-hetero) is 1. The molecule has 0 bridgehead atoms. The van der Waals surface area contributed by atoms with E-state index in [4.69, 9.17) is 0 Å². The first-order valence-corrected chi connectivity index (χ1v) is 12.4. The molecule has 5 atom stereocenters. The van der Waals surface area contributed by atoms with Crippen molar-refractivity contribution in [2.24, 2.45) is 23.7 Å². The predicted octanol–water partition coefficient (Wildman–Crippen LogP) is 5.85. The van der Waals surface area contributed by atoms with Crippen LogP contribution in [0.5, 0.6) is 0 Å².